The van der Waals surface area contributed by atoms with Crippen LogP contribution in [0.5, 0.6) is 0 Å². The number of rotatable bonds is 7. The fraction of sp³-hybridized carbons (Fsp3) is 0.667. The van der Waals surface area contributed by atoms with E-state index in [0.29, 0.717) is 6.42 Å². The molecule has 0 aliphatic heterocycles. The molecule has 0 bridgehead atoms. The van der Waals surface area contributed by atoms with E-state index in [4.69, 9.17) is 5.11 Å². The molecule has 1 heterocycles. The predicted octanol–water partition coefficient (Wildman–Crippen LogP) is 0.191. The first-order valence-corrected chi connectivity index (χ1v) is 7.10. The average molecular weight is 261 g/mol. The highest BCUT2D eigenvalue weighted by Crippen LogP contribution is 1.99. The maximum atomic E-state index is 11.5. The van der Waals surface area contributed by atoms with Gasteiger partial charge in [-0.15, -0.1) is 5.10 Å². The molecule has 8 heteroatoms. The monoisotopic (exact) mass is 261 g/mol. The normalized spacial score (nSPS) is 11.6. The Hall–Kier alpha value is -1.44. The minimum Gasteiger partial charge on any atom is -0.476 e. The number of hydrogen-bond acceptors (Lipinski definition) is 5. The second-order valence-corrected chi connectivity index (χ2v) is 5.98. The first kappa shape index (κ1) is 13.6. The quantitative estimate of drug-likeness (QED) is 0.751. The summed E-state index contributed by atoms with van der Waals surface area (Å²) >= 11 is 0. The molecule has 96 valence electrons. The van der Waals surface area contributed by atoms with Gasteiger partial charge in [0.2, 0.25) is 0 Å². The summed E-state index contributed by atoms with van der Waals surface area (Å²) in [6.07, 6.45) is 2.68. The summed E-state index contributed by atoms with van der Waals surface area (Å²) in [7, 11) is -3.09. The average Bonchev–Trinajstić information content (AvgIpc) is 2.73. The molecule has 1 rings (SSSR count). The first-order valence-electron chi connectivity index (χ1n) is 5.28. The number of nitrogens with zero attached hydrogens (tertiary/aromatic N) is 3. The van der Waals surface area contributed by atoms with E-state index >= 15 is 0 Å². The van der Waals surface area contributed by atoms with Gasteiger partial charge in [0.15, 0.2) is 15.5 Å². The molecule has 0 saturated heterocycles. The largest absolute Gasteiger partial charge is 0.476 e. The second-order valence-electron chi connectivity index (χ2n) is 3.68. The number of carboxylic acid groups (broad SMARTS) is 1. The van der Waals surface area contributed by atoms with Crippen LogP contribution in [0.25, 0.3) is 0 Å². The minimum absolute atomic E-state index is 0.0462. The van der Waals surface area contributed by atoms with Crippen molar-refractivity contribution in [3.8, 4) is 0 Å². The molecule has 0 radical (unpaired) electrons. The van der Waals surface area contributed by atoms with E-state index in [0.717, 1.165) is 6.42 Å². The van der Waals surface area contributed by atoms with E-state index in [-0.39, 0.29) is 23.7 Å². The summed E-state index contributed by atoms with van der Waals surface area (Å²) in [5, 5.41) is 15.5. The van der Waals surface area contributed by atoms with Crippen molar-refractivity contribution in [2.45, 2.75) is 26.3 Å². The first-order chi connectivity index (χ1) is 7.94. The van der Waals surface area contributed by atoms with Gasteiger partial charge in [0.1, 0.15) is 0 Å². The molecule has 0 aliphatic rings. The maximum absolute atomic E-state index is 11.5. The fourth-order valence-electron chi connectivity index (χ4n) is 1.20. The summed E-state index contributed by atoms with van der Waals surface area (Å²) < 4.78 is 24.3. The highest BCUT2D eigenvalue weighted by atomic mass is 32.2. The molecule has 0 saturated carbocycles. The molecule has 0 unspecified atom stereocenters. The van der Waals surface area contributed by atoms with Crippen molar-refractivity contribution in [1.29, 1.82) is 0 Å². The summed E-state index contributed by atoms with van der Waals surface area (Å²) in [5.41, 5.74) is -0.184. The number of carboxylic acids is 1. The SMILES string of the molecule is CCCCS(=O)(=O)CCn1cc(C(=O)O)nn1. The zero-order chi connectivity index (χ0) is 12.9. The maximum Gasteiger partial charge on any atom is 0.358 e. The molecule has 0 atom stereocenters. The Morgan fingerprint density at radius 3 is 2.71 bits per heavy atom. The Balaban J connectivity index is 2.52. The standard InChI is InChI=1S/C9H15N3O4S/c1-2-3-5-17(15,16)6-4-12-7-8(9(13)14)10-11-12/h7H,2-6H2,1H3,(H,13,14). The van der Waals surface area contributed by atoms with E-state index in [1.54, 1.807) is 0 Å². The molecule has 0 spiro atoms. The third kappa shape index (κ3) is 4.51. The summed E-state index contributed by atoms with van der Waals surface area (Å²) in [4.78, 5) is 10.5. The predicted molar refractivity (Wildman–Crippen MR) is 60.5 cm³/mol. The van der Waals surface area contributed by atoms with Crippen LogP contribution in [-0.2, 0) is 16.4 Å². The molecule has 0 fully saturated rings. The molecule has 0 aliphatic carbocycles. The van der Waals surface area contributed by atoms with Crippen LogP contribution in [0.1, 0.15) is 30.3 Å². The zero-order valence-corrected chi connectivity index (χ0v) is 10.4. The number of aromatic nitrogens is 3. The van der Waals surface area contributed by atoms with E-state index in [1.807, 2.05) is 6.92 Å². The van der Waals surface area contributed by atoms with E-state index in [2.05, 4.69) is 10.3 Å². The number of aromatic carboxylic acids is 1. The Morgan fingerprint density at radius 1 is 1.47 bits per heavy atom. The van der Waals surface area contributed by atoms with Gasteiger partial charge in [0.05, 0.1) is 24.2 Å². The van der Waals surface area contributed by atoms with Crippen LogP contribution >= 0.6 is 0 Å². The van der Waals surface area contributed by atoms with Gasteiger partial charge in [-0.1, -0.05) is 18.6 Å². The lowest BCUT2D eigenvalue weighted by atomic mass is 10.4. The number of unbranched alkanes of at least 4 members (excludes halogenated alkanes) is 1. The third-order valence-corrected chi connectivity index (χ3v) is 3.91. The van der Waals surface area contributed by atoms with E-state index < -0.39 is 15.8 Å². The number of hydrogen-bond donors (Lipinski definition) is 1. The van der Waals surface area contributed by atoms with E-state index in [9.17, 15) is 13.2 Å². The Morgan fingerprint density at radius 2 is 2.18 bits per heavy atom. The van der Waals surface area contributed by atoms with Crippen molar-refractivity contribution in [1.82, 2.24) is 15.0 Å². The molecular weight excluding hydrogens is 246 g/mol. The smallest absolute Gasteiger partial charge is 0.358 e. The van der Waals surface area contributed by atoms with Crippen LogP contribution in [0, 0.1) is 0 Å². The molecule has 1 aromatic heterocycles. The lowest BCUT2D eigenvalue weighted by Crippen LogP contribution is -2.16. The highest BCUT2D eigenvalue weighted by Gasteiger charge is 2.12. The minimum atomic E-state index is -3.09. The number of sulfone groups is 1. The molecule has 17 heavy (non-hydrogen) atoms. The van der Waals surface area contributed by atoms with Crippen LogP contribution in [0.15, 0.2) is 6.20 Å². The molecule has 0 aromatic carbocycles. The van der Waals surface area contributed by atoms with Crippen molar-refractivity contribution in [2.24, 2.45) is 0 Å². The summed E-state index contributed by atoms with van der Waals surface area (Å²) in [6.45, 7) is 2.05. The zero-order valence-electron chi connectivity index (χ0n) is 9.53. The Kier molecular flexibility index (Phi) is 4.62. The lowest BCUT2D eigenvalue weighted by Gasteiger charge is -2.02. The number of aryl methyl sites for hydroxylation is 1. The Bertz CT molecular complexity index is 480. The van der Waals surface area contributed by atoms with Crippen LogP contribution in [-0.4, -0.2) is 46.0 Å². The third-order valence-electron chi connectivity index (χ3n) is 2.20. The van der Waals surface area contributed by atoms with E-state index in [1.165, 1.54) is 10.9 Å². The van der Waals surface area contributed by atoms with Crippen molar-refractivity contribution >= 4 is 15.8 Å². The second kappa shape index (κ2) is 5.76. The molecule has 7 nitrogen and oxygen atoms in total. The molecule has 1 N–H and O–H groups in total. The van der Waals surface area contributed by atoms with Crippen molar-refractivity contribution in [3.05, 3.63) is 11.9 Å². The van der Waals surface area contributed by atoms with Crippen molar-refractivity contribution in [2.75, 3.05) is 11.5 Å². The van der Waals surface area contributed by atoms with Gasteiger partial charge in [-0.25, -0.2) is 13.2 Å². The van der Waals surface area contributed by atoms with Crippen LogP contribution in [0.2, 0.25) is 0 Å². The van der Waals surface area contributed by atoms with Crippen LogP contribution in [0.4, 0.5) is 0 Å². The molecule has 1 aromatic rings. The lowest BCUT2D eigenvalue weighted by molar-refractivity contribution is 0.0690. The van der Waals surface area contributed by atoms with Gasteiger partial charge in [0, 0.05) is 0 Å². The van der Waals surface area contributed by atoms with Gasteiger partial charge >= 0.3 is 5.97 Å². The van der Waals surface area contributed by atoms with Gasteiger partial charge in [0.25, 0.3) is 0 Å². The van der Waals surface area contributed by atoms with Gasteiger partial charge < -0.3 is 5.11 Å². The topological polar surface area (TPSA) is 102 Å². The van der Waals surface area contributed by atoms with Gasteiger partial charge in [-0.05, 0) is 6.42 Å². The van der Waals surface area contributed by atoms with Crippen molar-refractivity contribution < 1.29 is 18.3 Å². The van der Waals surface area contributed by atoms with Gasteiger partial charge in [-0.2, -0.15) is 0 Å². The Labute approximate surface area is 99.4 Å². The highest BCUT2D eigenvalue weighted by molar-refractivity contribution is 7.91. The molecular formula is C9H15N3O4S. The fourth-order valence-corrected chi connectivity index (χ4v) is 2.60. The summed E-state index contributed by atoms with van der Waals surface area (Å²) in [6, 6.07) is 0. The molecule has 0 amide bonds. The summed E-state index contributed by atoms with van der Waals surface area (Å²) in [5.74, 6) is -1.07. The van der Waals surface area contributed by atoms with Crippen LogP contribution < -0.4 is 0 Å². The van der Waals surface area contributed by atoms with Crippen LogP contribution in [0.3, 0.4) is 0 Å². The number of carbonyl (C=O) groups is 1. The van der Waals surface area contributed by atoms with Crippen molar-refractivity contribution in [3.63, 3.8) is 0 Å². The van der Waals surface area contributed by atoms with Gasteiger partial charge in [-0.3, -0.25) is 4.68 Å².